The minimum Gasteiger partial charge on any atom is -0.292 e. The first-order valence-corrected chi connectivity index (χ1v) is 5.57. The fraction of sp³-hybridized carbons (Fsp3) is 0.727. The largest absolute Gasteiger partial charge is 0.292 e. The van der Waals surface area contributed by atoms with Crippen LogP contribution in [0.2, 0.25) is 0 Å². The van der Waals surface area contributed by atoms with Gasteiger partial charge in [0.2, 0.25) is 0 Å². The predicted octanol–water partition coefficient (Wildman–Crippen LogP) is 1.82. The Morgan fingerprint density at radius 1 is 1.40 bits per heavy atom. The van der Waals surface area contributed by atoms with E-state index in [1.54, 1.807) is 17.9 Å². The highest BCUT2D eigenvalue weighted by Gasteiger charge is 2.26. The molecule has 0 radical (unpaired) electrons. The second kappa shape index (κ2) is 4.13. The summed E-state index contributed by atoms with van der Waals surface area (Å²) in [6.07, 6.45) is 6.06. The van der Waals surface area contributed by atoms with Gasteiger partial charge in [0, 0.05) is 13.0 Å². The number of aromatic nitrogens is 3. The zero-order valence-corrected chi connectivity index (χ0v) is 9.31. The summed E-state index contributed by atoms with van der Waals surface area (Å²) >= 11 is 0. The molecule has 1 heterocycles. The van der Waals surface area contributed by atoms with Gasteiger partial charge in [-0.2, -0.15) is 0 Å². The minimum absolute atomic E-state index is 0.176. The standard InChI is InChI=1S/C11H17N3O/c1-8-3-5-9(6-4-8)11(15)10-7-14(2)13-12-10/h7-9H,3-6H2,1-2H3. The van der Waals surface area contributed by atoms with Crippen molar-refractivity contribution < 1.29 is 4.79 Å². The number of hydrogen-bond donors (Lipinski definition) is 0. The van der Waals surface area contributed by atoms with Gasteiger partial charge in [0.1, 0.15) is 5.69 Å². The van der Waals surface area contributed by atoms with E-state index >= 15 is 0 Å². The Morgan fingerprint density at radius 3 is 2.60 bits per heavy atom. The average Bonchev–Trinajstić information content (AvgIpc) is 2.65. The molecule has 15 heavy (non-hydrogen) atoms. The van der Waals surface area contributed by atoms with Crippen molar-refractivity contribution in [3.8, 4) is 0 Å². The smallest absolute Gasteiger partial charge is 0.187 e. The maximum Gasteiger partial charge on any atom is 0.187 e. The first-order chi connectivity index (χ1) is 7.16. The predicted molar refractivity (Wildman–Crippen MR) is 56.5 cm³/mol. The molecule has 1 aliphatic carbocycles. The summed E-state index contributed by atoms with van der Waals surface area (Å²) in [6, 6.07) is 0. The van der Waals surface area contributed by atoms with Gasteiger partial charge in [0.05, 0.1) is 6.20 Å². The quantitative estimate of drug-likeness (QED) is 0.695. The van der Waals surface area contributed by atoms with Gasteiger partial charge in [-0.15, -0.1) is 5.10 Å². The van der Waals surface area contributed by atoms with E-state index in [4.69, 9.17) is 0 Å². The zero-order valence-electron chi connectivity index (χ0n) is 9.31. The Hall–Kier alpha value is -1.19. The molecule has 0 N–H and O–H groups in total. The lowest BCUT2D eigenvalue weighted by Gasteiger charge is -2.24. The number of aryl methyl sites for hydroxylation is 1. The van der Waals surface area contributed by atoms with Gasteiger partial charge in [-0.3, -0.25) is 9.48 Å². The summed E-state index contributed by atoms with van der Waals surface area (Å²) in [5.41, 5.74) is 0.525. The Balaban J connectivity index is 2.02. The van der Waals surface area contributed by atoms with Crippen molar-refractivity contribution in [3.05, 3.63) is 11.9 Å². The Labute approximate surface area is 89.7 Å². The molecule has 82 valence electrons. The van der Waals surface area contributed by atoms with Crippen molar-refractivity contribution in [2.75, 3.05) is 0 Å². The third kappa shape index (κ3) is 2.25. The van der Waals surface area contributed by atoms with Crippen LogP contribution in [0.3, 0.4) is 0 Å². The summed E-state index contributed by atoms with van der Waals surface area (Å²) in [5, 5.41) is 7.67. The molecule has 1 aliphatic rings. The van der Waals surface area contributed by atoms with Crippen molar-refractivity contribution in [1.82, 2.24) is 15.0 Å². The van der Waals surface area contributed by atoms with Gasteiger partial charge >= 0.3 is 0 Å². The average molecular weight is 207 g/mol. The molecule has 1 aromatic rings. The molecule has 0 aliphatic heterocycles. The molecule has 0 spiro atoms. The van der Waals surface area contributed by atoms with Crippen LogP contribution in [0, 0.1) is 11.8 Å². The van der Waals surface area contributed by atoms with Crippen molar-refractivity contribution >= 4 is 5.78 Å². The number of hydrogen-bond acceptors (Lipinski definition) is 3. The summed E-state index contributed by atoms with van der Waals surface area (Å²) in [4.78, 5) is 12.0. The molecule has 0 atom stereocenters. The maximum atomic E-state index is 12.0. The molecule has 0 unspecified atom stereocenters. The van der Waals surface area contributed by atoms with Crippen LogP contribution in [-0.2, 0) is 7.05 Å². The van der Waals surface area contributed by atoms with Crippen LogP contribution in [0.15, 0.2) is 6.20 Å². The molecule has 0 bridgehead atoms. The van der Waals surface area contributed by atoms with Crippen LogP contribution in [0.5, 0.6) is 0 Å². The van der Waals surface area contributed by atoms with Crippen molar-refractivity contribution in [2.45, 2.75) is 32.6 Å². The number of Topliss-reactive ketones (excluding diaryl/α,β-unsaturated/α-hetero) is 1. The highest BCUT2D eigenvalue weighted by atomic mass is 16.1. The number of carbonyl (C=O) groups excluding carboxylic acids is 1. The monoisotopic (exact) mass is 207 g/mol. The van der Waals surface area contributed by atoms with E-state index in [1.165, 1.54) is 0 Å². The molecule has 2 rings (SSSR count). The Morgan fingerprint density at radius 2 is 2.07 bits per heavy atom. The normalized spacial score (nSPS) is 26.5. The highest BCUT2D eigenvalue weighted by molar-refractivity contribution is 5.95. The first kappa shape index (κ1) is 10.3. The van der Waals surface area contributed by atoms with Crippen LogP contribution in [0.4, 0.5) is 0 Å². The zero-order chi connectivity index (χ0) is 10.8. The Bertz CT molecular complexity index is 350. The second-order valence-corrected chi connectivity index (χ2v) is 4.60. The SMILES string of the molecule is CC1CCC(C(=O)c2cn(C)nn2)CC1. The van der Waals surface area contributed by atoms with E-state index in [-0.39, 0.29) is 11.7 Å². The molecule has 4 heteroatoms. The summed E-state index contributed by atoms with van der Waals surface area (Å²) < 4.78 is 1.58. The van der Waals surface area contributed by atoms with Crippen LogP contribution in [0.25, 0.3) is 0 Å². The maximum absolute atomic E-state index is 12.0. The van der Waals surface area contributed by atoms with E-state index in [0.717, 1.165) is 31.6 Å². The third-order valence-electron chi connectivity index (χ3n) is 3.24. The van der Waals surface area contributed by atoms with E-state index < -0.39 is 0 Å². The van der Waals surface area contributed by atoms with E-state index in [2.05, 4.69) is 17.2 Å². The van der Waals surface area contributed by atoms with Gasteiger partial charge in [-0.25, -0.2) is 0 Å². The third-order valence-corrected chi connectivity index (χ3v) is 3.24. The van der Waals surface area contributed by atoms with Gasteiger partial charge in [0.15, 0.2) is 5.78 Å². The molecular formula is C11H17N3O. The van der Waals surface area contributed by atoms with Crippen LogP contribution in [-0.4, -0.2) is 20.8 Å². The van der Waals surface area contributed by atoms with Crippen LogP contribution < -0.4 is 0 Å². The van der Waals surface area contributed by atoms with E-state index in [9.17, 15) is 4.79 Å². The molecule has 1 fully saturated rings. The fourth-order valence-electron chi connectivity index (χ4n) is 2.19. The van der Waals surface area contributed by atoms with Crippen LogP contribution >= 0.6 is 0 Å². The second-order valence-electron chi connectivity index (χ2n) is 4.60. The molecule has 4 nitrogen and oxygen atoms in total. The number of ketones is 1. The van der Waals surface area contributed by atoms with E-state index in [0.29, 0.717) is 5.69 Å². The summed E-state index contributed by atoms with van der Waals surface area (Å²) in [5.74, 6) is 1.13. The van der Waals surface area contributed by atoms with E-state index in [1.807, 2.05) is 0 Å². The number of carbonyl (C=O) groups is 1. The first-order valence-electron chi connectivity index (χ1n) is 5.57. The molecular weight excluding hydrogens is 190 g/mol. The lowest BCUT2D eigenvalue weighted by atomic mass is 9.80. The number of nitrogens with zero attached hydrogens (tertiary/aromatic N) is 3. The summed E-state index contributed by atoms with van der Waals surface area (Å²) in [7, 11) is 1.78. The molecule has 1 aromatic heterocycles. The van der Waals surface area contributed by atoms with Crippen LogP contribution in [0.1, 0.15) is 43.1 Å². The van der Waals surface area contributed by atoms with Gasteiger partial charge in [0.25, 0.3) is 0 Å². The molecule has 0 amide bonds. The Kier molecular flexibility index (Phi) is 2.84. The summed E-state index contributed by atoms with van der Waals surface area (Å²) in [6.45, 7) is 2.25. The lowest BCUT2D eigenvalue weighted by molar-refractivity contribution is 0.0870. The number of rotatable bonds is 2. The minimum atomic E-state index is 0.176. The van der Waals surface area contributed by atoms with Gasteiger partial charge in [-0.1, -0.05) is 25.0 Å². The lowest BCUT2D eigenvalue weighted by Crippen LogP contribution is -2.21. The van der Waals surface area contributed by atoms with Crippen molar-refractivity contribution in [1.29, 1.82) is 0 Å². The van der Waals surface area contributed by atoms with Gasteiger partial charge < -0.3 is 0 Å². The molecule has 1 saturated carbocycles. The topological polar surface area (TPSA) is 47.8 Å². The molecule has 0 aromatic carbocycles. The highest BCUT2D eigenvalue weighted by Crippen LogP contribution is 2.30. The molecule has 0 saturated heterocycles. The van der Waals surface area contributed by atoms with Gasteiger partial charge in [-0.05, 0) is 18.8 Å². The fourth-order valence-corrected chi connectivity index (χ4v) is 2.19. The van der Waals surface area contributed by atoms with Crippen molar-refractivity contribution in [2.24, 2.45) is 18.9 Å². The van der Waals surface area contributed by atoms with Crippen molar-refractivity contribution in [3.63, 3.8) is 0 Å².